The summed E-state index contributed by atoms with van der Waals surface area (Å²) in [6.45, 7) is -3.92. The van der Waals surface area contributed by atoms with Crippen molar-refractivity contribution in [1.82, 2.24) is 10.6 Å². The second kappa shape index (κ2) is 8.64. The van der Waals surface area contributed by atoms with Gasteiger partial charge in [0.05, 0.1) is 0 Å². The average molecular weight is 402 g/mol. The zero-order chi connectivity index (χ0) is 20.1. The molecule has 0 radical (unpaired) electrons. The van der Waals surface area contributed by atoms with E-state index in [4.69, 9.17) is 0 Å². The van der Waals surface area contributed by atoms with Crippen LogP contribution in [0.4, 0.5) is 52.7 Å². The predicted octanol–water partition coefficient (Wildman–Crippen LogP) is 4.04. The van der Waals surface area contributed by atoms with Crippen LogP contribution in [0.3, 0.4) is 0 Å². The third-order valence-electron chi connectivity index (χ3n) is 2.98. The van der Waals surface area contributed by atoms with Crippen molar-refractivity contribution in [2.45, 2.75) is 31.1 Å². The fraction of sp³-hybridized carbons (Fsp3) is 1.00. The van der Waals surface area contributed by atoms with E-state index in [1.807, 2.05) is 10.6 Å². The number of alkyl halides is 12. The van der Waals surface area contributed by atoms with Crippen LogP contribution in [0.5, 0.6) is 0 Å². The summed E-state index contributed by atoms with van der Waals surface area (Å²) >= 11 is 0. The van der Waals surface area contributed by atoms with Crippen LogP contribution < -0.4 is 10.6 Å². The van der Waals surface area contributed by atoms with Gasteiger partial charge in [-0.15, -0.1) is 0 Å². The predicted molar refractivity (Wildman–Crippen MR) is 61.6 cm³/mol. The Morgan fingerprint density at radius 1 is 0.480 bits per heavy atom. The van der Waals surface area contributed by atoms with Crippen LogP contribution >= 0.6 is 0 Å². The molecule has 0 spiro atoms. The SMILES string of the molecule is FC(F)(F)C(CNCCCNCC(C(F)(F)F)C(F)(F)F)C(F)(F)F. The highest BCUT2D eigenvalue weighted by Gasteiger charge is 2.56. The molecule has 0 rings (SSSR count). The first-order valence-electron chi connectivity index (χ1n) is 6.65. The number of hydrogen-bond acceptors (Lipinski definition) is 2. The van der Waals surface area contributed by atoms with E-state index in [-0.39, 0.29) is 6.42 Å². The first kappa shape index (κ1) is 24.1. The Morgan fingerprint density at radius 3 is 0.920 bits per heavy atom. The minimum atomic E-state index is -5.53. The molecule has 0 atom stereocenters. The van der Waals surface area contributed by atoms with Gasteiger partial charge < -0.3 is 10.6 Å². The van der Waals surface area contributed by atoms with Crippen LogP contribution in [0, 0.1) is 11.8 Å². The second-order valence-corrected chi connectivity index (χ2v) is 5.03. The van der Waals surface area contributed by atoms with Gasteiger partial charge in [-0.1, -0.05) is 0 Å². The van der Waals surface area contributed by atoms with Crippen LogP contribution in [-0.4, -0.2) is 50.9 Å². The van der Waals surface area contributed by atoms with Gasteiger partial charge in [-0.2, -0.15) is 52.7 Å². The molecule has 0 amide bonds. The summed E-state index contributed by atoms with van der Waals surface area (Å²) in [6.07, 6.45) is -22.4. The van der Waals surface area contributed by atoms with Crippen LogP contribution in [0.1, 0.15) is 6.42 Å². The normalized spacial score (nSPS) is 14.6. The Kier molecular flexibility index (Phi) is 8.33. The quantitative estimate of drug-likeness (QED) is 0.473. The standard InChI is InChI=1S/C11H14F12N2/c12-8(13,14)6(9(15,16)17)4-24-2-1-3-25-5-7(10(18,19)20)11(21,22)23/h6-7,24-25H,1-5H2. The molecule has 0 bridgehead atoms. The van der Waals surface area contributed by atoms with E-state index in [9.17, 15) is 52.7 Å². The minimum absolute atomic E-state index is 0.273. The van der Waals surface area contributed by atoms with E-state index >= 15 is 0 Å². The fourth-order valence-corrected chi connectivity index (χ4v) is 1.67. The van der Waals surface area contributed by atoms with Gasteiger partial charge in [-0.05, 0) is 19.5 Å². The second-order valence-electron chi connectivity index (χ2n) is 5.03. The van der Waals surface area contributed by atoms with E-state index in [1.54, 1.807) is 0 Å². The Morgan fingerprint density at radius 2 is 0.720 bits per heavy atom. The third-order valence-corrected chi connectivity index (χ3v) is 2.98. The Balaban J connectivity index is 4.19. The molecule has 0 fully saturated rings. The van der Waals surface area contributed by atoms with E-state index in [2.05, 4.69) is 0 Å². The molecule has 152 valence electrons. The summed E-state index contributed by atoms with van der Waals surface area (Å²) in [7, 11) is 0. The summed E-state index contributed by atoms with van der Waals surface area (Å²) in [5.74, 6) is -7.24. The minimum Gasteiger partial charge on any atom is -0.316 e. The van der Waals surface area contributed by atoms with Crippen LogP contribution in [0.15, 0.2) is 0 Å². The molecule has 0 aliphatic heterocycles. The lowest BCUT2D eigenvalue weighted by Crippen LogP contribution is -2.44. The van der Waals surface area contributed by atoms with Gasteiger partial charge in [0.25, 0.3) is 0 Å². The van der Waals surface area contributed by atoms with Gasteiger partial charge in [-0.25, -0.2) is 0 Å². The van der Waals surface area contributed by atoms with E-state index in [1.165, 1.54) is 0 Å². The summed E-state index contributed by atoms with van der Waals surface area (Å²) in [5, 5.41) is 3.65. The largest absolute Gasteiger partial charge is 0.401 e. The fourth-order valence-electron chi connectivity index (χ4n) is 1.67. The highest BCUT2D eigenvalue weighted by molar-refractivity contribution is 4.78. The molecule has 25 heavy (non-hydrogen) atoms. The monoisotopic (exact) mass is 402 g/mol. The summed E-state index contributed by atoms with van der Waals surface area (Å²) in [6, 6.07) is 0. The van der Waals surface area contributed by atoms with E-state index in [0.717, 1.165) is 0 Å². The zero-order valence-corrected chi connectivity index (χ0v) is 12.2. The van der Waals surface area contributed by atoms with E-state index < -0.39 is 62.7 Å². The van der Waals surface area contributed by atoms with Crippen LogP contribution in [0.25, 0.3) is 0 Å². The molecule has 0 aromatic rings. The molecule has 0 heterocycles. The molecule has 0 aromatic heterocycles. The first-order valence-corrected chi connectivity index (χ1v) is 6.65. The van der Waals surface area contributed by atoms with Crippen molar-refractivity contribution >= 4 is 0 Å². The van der Waals surface area contributed by atoms with Crippen LogP contribution in [0.2, 0.25) is 0 Å². The highest BCUT2D eigenvalue weighted by Crippen LogP contribution is 2.39. The first-order chi connectivity index (χ1) is 11.0. The van der Waals surface area contributed by atoms with Crippen molar-refractivity contribution < 1.29 is 52.7 Å². The zero-order valence-electron chi connectivity index (χ0n) is 12.2. The maximum absolute atomic E-state index is 12.2. The highest BCUT2D eigenvalue weighted by atomic mass is 19.4. The Bertz CT molecular complexity index is 316. The van der Waals surface area contributed by atoms with Gasteiger partial charge in [-0.3, -0.25) is 0 Å². The number of nitrogens with one attached hydrogen (secondary N) is 2. The molecule has 0 saturated heterocycles. The summed E-state index contributed by atoms with van der Waals surface area (Å²) in [5.41, 5.74) is 0. The Labute approximate surface area is 133 Å². The molecule has 0 aromatic carbocycles. The number of halogens is 12. The molecule has 2 nitrogen and oxygen atoms in total. The van der Waals surface area contributed by atoms with Gasteiger partial charge in [0.15, 0.2) is 11.8 Å². The smallest absolute Gasteiger partial charge is 0.316 e. The number of rotatable bonds is 8. The van der Waals surface area contributed by atoms with Crippen molar-refractivity contribution in [1.29, 1.82) is 0 Å². The molecule has 0 aliphatic carbocycles. The lowest BCUT2D eigenvalue weighted by molar-refractivity contribution is -0.283. The van der Waals surface area contributed by atoms with Crippen molar-refractivity contribution in [2.24, 2.45) is 11.8 Å². The Hall–Kier alpha value is -0.920. The molecular formula is C11H14F12N2. The molecular weight excluding hydrogens is 388 g/mol. The maximum Gasteiger partial charge on any atom is 0.401 e. The third kappa shape index (κ3) is 9.37. The van der Waals surface area contributed by atoms with Crippen molar-refractivity contribution in [3.05, 3.63) is 0 Å². The topological polar surface area (TPSA) is 24.1 Å². The van der Waals surface area contributed by atoms with Crippen molar-refractivity contribution in [2.75, 3.05) is 26.2 Å². The van der Waals surface area contributed by atoms with Gasteiger partial charge in [0, 0.05) is 13.1 Å². The molecule has 0 saturated carbocycles. The van der Waals surface area contributed by atoms with Crippen molar-refractivity contribution in [3.63, 3.8) is 0 Å². The number of hydrogen-bond donors (Lipinski definition) is 2. The van der Waals surface area contributed by atoms with Gasteiger partial charge >= 0.3 is 24.7 Å². The maximum atomic E-state index is 12.2. The molecule has 0 unspecified atom stereocenters. The molecule has 14 heteroatoms. The lowest BCUT2D eigenvalue weighted by atomic mass is 10.1. The van der Waals surface area contributed by atoms with Gasteiger partial charge in [0.1, 0.15) is 0 Å². The summed E-state index contributed by atoms with van der Waals surface area (Å²) < 4.78 is 146. The van der Waals surface area contributed by atoms with Crippen LogP contribution in [-0.2, 0) is 0 Å². The lowest BCUT2D eigenvalue weighted by Gasteiger charge is -2.24. The average Bonchev–Trinajstić information content (AvgIpc) is 2.30. The van der Waals surface area contributed by atoms with Crippen molar-refractivity contribution in [3.8, 4) is 0 Å². The molecule has 0 aliphatic rings. The summed E-state index contributed by atoms with van der Waals surface area (Å²) in [4.78, 5) is 0. The van der Waals surface area contributed by atoms with Gasteiger partial charge in [0.2, 0.25) is 0 Å². The van der Waals surface area contributed by atoms with E-state index in [0.29, 0.717) is 0 Å². The molecule has 2 N–H and O–H groups in total.